The van der Waals surface area contributed by atoms with Crippen molar-refractivity contribution in [3.63, 3.8) is 0 Å². The molecule has 31 heavy (non-hydrogen) atoms. The molecule has 0 aliphatic carbocycles. The molecular weight excluding hydrogens is 406 g/mol. The molecule has 0 saturated heterocycles. The minimum atomic E-state index is -1.37. The lowest BCUT2D eigenvalue weighted by Gasteiger charge is -2.27. The summed E-state index contributed by atoms with van der Waals surface area (Å²) in [4.78, 5) is 51.6. The van der Waals surface area contributed by atoms with Crippen LogP contribution < -0.4 is 22.1 Å². The number of rotatable bonds is 15. The first-order valence-corrected chi connectivity index (χ1v) is 10.4. The molecule has 0 bridgehead atoms. The minimum Gasteiger partial charge on any atom is -0.481 e. The molecule has 0 radical (unpaired) electrons. The van der Waals surface area contributed by atoms with E-state index in [0.29, 0.717) is 13.0 Å². The third-order valence-electron chi connectivity index (χ3n) is 4.85. The number of guanidine groups is 1. The Labute approximate surface area is 183 Å². The van der Waals surface area contributed by atoms with E-state index in [1.807, 2.05) is 0 Å². The fraction of sp³-hybridized carbons (Fsp3) is 0.750. The first kappa shape index (κ1) is 28.1. The highest BCUT2D eigenvalue weighted by molar-refractivity contribution is 5.94. The molecule has 0 spiro atoms. The highest BCUT2D eigenvalue weighted by Crippen LogP contribution is 2.24. The number of carboxylic acids is 2. The van der Waals surface area contributed by atoms with Gasteiger partial charge in [-0.2, -0.15) is 0 Å². The summed E-state index contributed by atoms with van der Waals surface area (Å²) in [6.07, 6.45) is 3.22. The number of nitrogens with zero attached hydrogens (tertiary/aromatic N) is 1. The average Bonchev–Trinajstić information content (AvgIpc) is 2.63. The number of aliphatic carboxylic acids is 2. The Hall–Kier alpha value is -2.85. The predicted molar refractivity (Wildman–Crippen MR) is 116 cm³/mol. The van der Waals surface area contributed by atoms with Gasteiger partial charge in [0.05, 0.1) is 6.42 Å². The molecule has 0 heterocycles. The number of unbranched alkanes of at least 4 members (excludes halogenated alkanes) is 3. The Morgan fingerprint density at radius 2 is 1.55 bits per heavy atom. The van der Waals surface area contributed by atoms with Crippen LogP contribution in [0.4, 0.5) is 0 Å². The van der Waals surface area contributed by atoms with Gasteiger partial charge in [0, 0.05) is 12.0 Å². The van der Waals surface area contributed by atoms with Crippen LogP contribution in [0.2, 0.25) is 0 Å². The number of amides is 2. The van der Waals surface area contributed by atoms with E-state index in [9.17, 15) is 24.3 Å². The average molecular weight is 444 g/mol. The maximum Gasteiger partial charge on any atom is 0.326 e. The second-order valence-electron chi connectivity index (χ2n) is 8.55. The van der Waals surface area contributed by atoms with Crippen LogP contribution in [0, 0.1) is 11.3 Å². The van der Waals surface area contributed by atoms with E-state index in [1.54, 1.807) is 27.7 Å². The zero-order chi connectivity index (χ0) is 24.2. The summed E-state index contributed by atoms with van der Waals surface area (Å²) in [5.41, 5.74) is 9.69. The quantitative estimate of drug-likeness (QED) is 0.119. The summed E-state index contributed by atoms with van der Waals surface area (Å²) in [5.74, 6) is -4.18. The molecule has 0 rings (SSSR count). The molecule has 0 aromatic carbocycles. The van der Waals surface area contributed by atoms with E-state index in [-0.39, 0.29) is 5.96 Å². The molecule has 8 N–H and O–H groups in total. The van der Waals surface area contributed by atoms with Gasteiger partial charge in [0.25, 0.3) is 0 Å². The highest BCUT2D eigenvalue weighted by atomic mass is 16.4. The first-order valence-electron chi connectivity index (χ1n) is 10.4. The smallest absolute Gasteiger partial charge is 0.326 e. The third-order valence-corrected chi connectivity index (χ3v) is 4.85. The fourth-order valence-electron chi connectivity index (χ4n) is 2.86. The van der Waals surface area contributed by atoms with Gasteiger partial charge in [-0.05, 0) is 18.8 Å². The van der Waals surface area contributed by atoms with Gasteiger partial charge in [0.15, 0.2) is 5.96 Å². The number of carbonyl (C=O) groups is 4. The molecular formula is C20H37N5O6. The van der Waals surface area contributed by atoms with Gasteiger partial charge >= 0.3 is 11.9 Å². The molecule has 0 unspecified atom stereocenters. The Morgan fingerprint density at radius 1 is 0.968 bits per heavy atom. The molecule has 2 atom stereocenters. The maximum absolute atomic E-state index is 12.7. The van der Waals surface area contributed by atoms with E-state index in [2.05, 4.69) is 15.6 Å². The molecule has 11 heteroatoms. The first-order chi connectivity index (χ1) is 14.3. The van der Waals surface area contributed by atoms with Crippen LogP contribution in [0.3, 0.4) is 0 Å². The van der Waals surface area contributed by atoms with Crippen LogP contribution in [0.25, 0.3) is 0 Å². The van der Waals surface area contributed by atoms with Crippen molar-refractivity contribution in [2.75, 3.05) is 6.54 Å². The van der Waals surface area contributed by atoms with Crippen molar-refractivity contribution in [3.8, 4) is 0 Å². The van der Waals surface area contributed by atoms with Gasteiger partial charge in [-0.25, -0.2) is 4.79 Å². The Morgan fingerprint density at radius 3 is 2.03 bits per heavy atom. The van der Waals surface area contributed by atoms with Crippen molar-refractivity contribution in [2.45, 2.75) is 78.3 Å². The number of hydrogen-bond acceptors (Lipinski definition) is 5. The molecule has 2 amide bonds. The maximum atomic E-state index is 12.7. The van der Waals surface area contributed by atoms with Crippen molar-refractivity contribution < 1.29 is 29.4 Å². The second-order valence-corrected chi connectivity index (χ2v) is 8.55. The van der Waals surface area contributed by atoms with Crippen molar-refractivity contribution in [1.29, 1.82) is 0 Å². The summed E-state index contributed by atoms with van der Waals surface area (Å²) in [5, 5.41) is 23.1. The normalized spacial score (nSPS) is 13.2. The summed E-state index contributed by atoms with van der Waals surface area (Å²) in [6.45, 7) is 7.21. The van der Waals surface area contributed by atoms with Gasteiger partial charge in [-0.1, -0.05) is 47.0 Å². The van der Waals surface area contributed by atoms with Gasteiger partial charge in [-0.3, -0.25) is 19.4 Å². The number of nitrogens with one attached hydrogen (secondary N) is 2. The van der Waals surface area contributed by atoms with E-state index in [0.717, 1.165) is 25.7 Å². The zero-order valence-electron chi connectivity index (χ0n) is 18.8. The third kappa shape index (κ3) is 11.8. The van der Waals surface area contributed by atoms with E-state index < -0.39 is 53.6 Å². The lowest BCUT2D eigenvalue weighted by molar-refractivity contribution is -0.144. The standard InChI is InChI=1S/C20H37N5O6/c1-12(2)15(17(29)30)25-16(28)13(11-14(26)27)24-18(31)20(3,4)9-7-5-6-8-10-23-19(21)22/h12-13,15H,5-11H2,1-4H3,(H,24,31)(H,25,28)(H,26,27)(H,29,30)(H4,21,22,23)/t13-,15-/m0/s1. The molecule has 0 aliphatic heterocycles. The van der Waals surface area contributed by atoms with Crippen molar-refractivity contribution >= 4 is 29.7 Å². The van der Waals surface area contributed by atoms with Gasteiger partial charge in [0.1, 0.15) is 12.1 Å². The number of aliphatic imine (C=N–C) groups is 1. The number of carbonyl (C=O) groups excluding carboxylic acids is 2. The molecule has 0 aromatic rings. The zero-order valence-corrected chi connectivity index (χ0v) is 18.8. The number of nitrogens with two attached hydrogens (primary N) is 2. The topological polar surface area (TPSA) is 197 Å². The van der Waals surface area contributed by atoms with Crippen molar-refractivity contribution in [3.05, 3.63) is 0 Å². The largest absolute Gasteiger partial charge is 0.481 e. The molecule has 178 valence electrons. The predicted octanol–water partition coefficient (Wildman–Crippen LogP) is 0.421. The van der Waals surface area contributed by atoms with Gasteiger partial charge in [-0.15, -0.1) is 0 Å². The van der Waals surface area contributed by atoms with Crippen LogP contribution in [0.15, 0.2) is 4.99 Å². The van der Waals surface area contributed by atoms with Crippen LogP contribution >= 0.6 is 0 Å². The van der Waals surface area contributed by atoms with Gasteiger partial charge in [0.2, 0.25) is 11.8 Å². The minimum absolute atomic E-state index is 0.0563. The summed E-state index contributed by atoms with van der Waals surface area (Å²) >= 11 is 0. The SMILES string of the molecule is CC(C)[C@H](NC(=O)[C@H](CC(=O)O)NC(=O)C(C)(C)CCCCCCN=C(N)N)C(=O)O. The Bertz CT molecular complexity index is 658. The number of hydrogen-bond donors (Lipinski definition) is 6. The molecule has 0 fully saturated rings. The van der Waals surface area contributed by atoms with Crippen LogP contribution in [-0.2, 0) is 19.2 Å². The highest BCUT2D eigenvalue weighted by Gasteiger charge is 2.34. The lowest BCUT2D eigenvalue weighted by Crippen LogP contribution is -2.55. The van der Waals surface area contributed by atoms with Crippen molar-refractivity contribution in [2.24, 2.45) is 27.8 Å². The molecule has 0 aromatic heterocycles. The fourth-order valence-corrected chi connectivity index (χ4v) is 2.86. The summed E-state index contributed by atoms with van der Waals surface area (Å²) in [7, 11) is 0. The monoisotopic (exact) mass is 443 g/mol. The lowest BCUT2D eigenvalue weighted by atomic mass is 9.85. The molecule has 0 saturated carbocycles. The van der Waals surface area contributed by atoms with Crippen LogP contribution in [0.1, 0.15) is 66.2 Å². The van der Waals surface area contributed by atoms with Crippen LogP contribution in [-0.4, -0.2) is 58.6 Å². The summed E-state index contributed by atoms with van der Waals surface area (Å²) in [6, 6.07) is -2.56. The summed E-state index contributed by atoms with van der Waals surface area (Å²) < 4.78 is 0. The number of carboxylic acid groups (broad SMARTS) is 2. The Balaban J connectivity index is 4.86. The molecule has 11 nitrogen and oxygen atoms in total. The van der Waals surface area contributed by atoms with Crippen molar-refractivity contribution in [1.82, 2.24) is 10.6 Å². The van der Waals surface area contributed by atoms with E-state index >= 15 is 0 Å². The van der Waals surface area contributed by atoms with E-state index in [4.69, 9.17) is 16.6 Å². The Kier molecular flexibility index (Phi) is 12.2. The second kappa shape index (κ2) is 13.5. The molecule has 0 aliphatic rings. The van der Waals surface area contributed by atoms with E-state index in [1.165, 1.54) is 0 Å². The van der Waals surface area contributed by atoms with Gasteiger partial charge < -0.3 is 32.3 Å². The van der Waals surface area contributed by atoms with Crippen LogP contribution in [0.5, 0.6) is 0 Å².